The molecule has 7 nitrogen and oxygen atoms in total. The quantitative estimate of drug-likeness (QED) is 0.417. The van der Waals surface area contributed by atoms with E-state index in [4.69, 9.17) is 11.6 Å². The second-order valence-corrected chi connectivity index (χ2v) is 8.55. The maximum atomic E-state index is 13.2. The first kappa shape index (κ1) is 20.3. The van der Waals surface area contributed by atoms with Crippen molar-refractivity contribution in [2.24, 2.45) is 0 Å². The van der Waals surface area contributed by atoms with Crippen LogP contribution in [0.15, 0.2) is 23.1 Å². The Morgan fingerprint density at radius 1 is 1.35 bits per heavy atom. The van der Waals surface area contributed by atoms with E-state index in [2.05, 4.69) is 4.74 Å². The number of likely N-dealkylation sites (tertiary alicyclic amines) is 1. The van der Waals surface area contributed by atoms with Gasteiger partial charge in [0.1, 0.15) is 17.6 Å². The number of benzene rings is 1. The van der Waals surface area contributed by atoms with Crippen molar-refractivity contribution < 1.29 is 31.9 Å². The molecule has 1 amide bonds. The van der Waals surface area contributed by atoms with Gasteiger partial charge in [-0.3, -0.25) is 9.59 Å². The first-order valence-corrected chi connectivity index (χ1v) is 9.56. The number of nitrogens with zero attached hydrogens (tertiary/aromatic N) is 1. The van der Waals surface area contributed by atoms with E-state index in [0.29, 0.717) is 0 Å². The molecule has 0 aliphatic carbocycles. The van der Waals surface area contributed by atoms with Crippen LogP contribution in [0, 0.1) is 5.82 Å². The van der Waals surface area contributed by atoms with Gasteiger partial charge in [0.05, 0.1) is 28.7 Å². The summed E-state index contributed by atoms with van der Waals surface area (Å²) in [6.07, 6.45) is -0.649. The summed E-state index contributed by atoms with van der Waals surface area (Å²) in [5, 5.41) is -1.42. The van der Waals surface area contributed by atoms with Gasteiger partial charge in [-0.15, -0.1) is 0 Å². The Bertz CT molecular complexity index is 856. The van der Waals surface area contributed by atoms with E-state index in [9.17, 15) is 27.2 Å². The molecule has 0 N–H and O–H groups in total. The van der Waals surface area contributed by atoms with Crippen molar-refractivity contribution in [1.82, 2.24) is 4.90 Å². The van der Waals surface area contributed by atoms with Gasteiger partial charge in [0.15, 0.2) is 9.84 Å². The highest BCUT2D eigenvalue weighted by Crippen LogP contribution is 2.32. The first-order chi connectivity index (χ1) is 12.1. The van der Waals surface area contributed by atoms with Crippen LogP contribution in [0.25, 0.3) is 0 Å². The summed E-state index contributed by atoms with van der Waals surface area (Å²) in [5.74, 6) is -2.53. The molecule has 1 fully saturated rings. The summed E-state index contributed by atoms with van der Waals surface area (Å²) in [7, 11) is -2.92. The molecule has 1 aliphatic heterocycles. The molecule has 0 aromatic heterocycles. The number of ether oxygens (including phenoxy) is 1. The van der Waals surface area contributed by atoms with Crippen molar-refractivity contribution >= 4 is 39.1 Å². The molecule has 2 atom stereocenters. The molecule has 0 spiro atoms. The predicted octanol–water partition coefficient (Wildman–Crippen LogP) is 1.37. The van der Waals surface area contributed by atoms with Crippen LogP contribution in [-0.2, 0) is 29.0 Å². The van der Waals surface area contributed by atoms with Gasteiger partial charge in [-0.1, -0.05) is 11.6 Å². The fourth-order valence-corrected chi connectivity index (χ4v) is 5.09. The van der Waals surface area contributed by atoms with E-state index in [1.807, 2.05) is 0 Å². The highest BCUT2D eigenvalue weighted by atomic mass is 35.5. The summed E-state index contributed by atoms with van der Waals surface area (Å²) in [4.78, 5) is 36.1. The van der Waals surface area contributed by atoms with Gasteiger partial charge in [-0.2, -0.15) is 0 Å². The Balaban J connectivity index is 2.36. The van der Waals surface area contributed by atoms with Crippen LogP contribution >= 0.6 is 11.6 Å². The monoisotopic (exact) mass is 405 g/mol. The molecule has 1 aromatic rings. The molecule has 1 saturated heterocycles. The van der Waals surface area contributed by atoms with Crippen molar-refractivity contribution in [3.8, 4) is 0 Å². The van der Waals surface area contributed by atoms with Gasteiger partial charge >= 0.3 is 5.97 Å². The number of halogens is 2. The minimum absolute atomic E-state index is 0.202. The molecule has 1 aliphatic rings. The second kappa shape index (κ2) is 7.71. The van der Waals surface area contributed by atoms with E-state index < -0.39 is 51.0 Å². The van der Waals surface area contributed by atoms with Gasteiger partial charge in [0, 0.05) is 6.54 Å². The SMILES string of the molecule is COC(=O)C1CC(S(=O)(=O)c2ccc(F)cc2Cl)CN1C(=O)CC(C)=O. The number of ketones is 1. The van der Waals surface area contributed by atoms with Crippen LogP contribution in [0.1, 0.15) is 19.8 Å². The van der Waals surface area contributed by atoms with Crippen molar-refractivity contribution in [1.29, 1.82) is 0 Å². The maximum absolute atomic E-state index is 13.2. The third-order valence-corrected chi connectivity index (χ3v) is 6.71. The number of carbonyl (C=O) groups excluding carboxylic acids is 3. The minimum atomic E-state index is -4.04. The lowest BCUT2D eigenvalue weighted by atomic mass is 10.2. The first-order valence-electron chi connectivity index (χ1n) is 7.63. The Hall–Kier alpha value is -2.00. The Morgan fingerprint density at radius 2 is 2.00 bits per heavy atom. The number of rotatable bonds is 5. The second-order valence-electron chi connectivity index (χ2n) is 5.94. The Morgan fingerprint density at radius 3 is 2.54 bits per heavy atom. The zero-order valence-corrected chi connectivity index (χ0v) is 15.6. The number of carbonyl (C=O) groups is 3. The number of hydrogen-bond acceptors (Lipinski definition) is 6. The van der Waals surface area contributed by atoms with Crippen molar-refractivity contribution in [2.75, 3.05) is 13.7 Å². The number of hydrogen-bond donors (Lipinski definition) is 0. The lowest BCUT2D eigenvalue weighted by Crippen LogP contribution is -2.41. The summed E-state index contributed by atoms with van der Waals surface area (Å²) in [6, 6.07) is 1.76. The molecule has 1 aromatic carbocycles. The Labute approximate surface area is 155 Å². The topological polar surface area (TPSA) is 97.8 Å². The van der Waals surface area contributed by atoms with E-state index in [1.165, 1.54) is 6.92 Å². The number of amides is 1. The largest absolute Gasteiger partial charge is 0.467 e. The summed E-state index contributed by atoms with van der Waals surface area (Å²) in [5.41, 5.74) is 0. The van der Waals surface area contributed by atoms with Gasteiger partial charge < -0.3 is 9.64 Å². The number of esters is 1. The molecular weight excluding hydrogens is 389 g/mol. The molecule has 2 rings (SSSR count). The lowest BCUT2D eigenvalue weighted by Gasteiger charge is -2.22. The van der Waals surface area contributed by atoms with E-state index in [-0.39, 0.29) is 22.9 Å². The molecule has 0 bridgehead atoms. The highest BCUT2D eigenvalue weighted by Gasteiger charge is 2.46. The smallest absolute Gasteiger partial charge is 0.328 e. The average molecular weight is 406 g/mol. The maximum Gasteiger partial charge on any atom is 0.328 e. The van der Waals surface area contributed by atoms with Crippen molar-refractivity contribution in [3.05, 3.63) is 29.0 Å². The third kappa shape index (κ3) is 4.04. The van der Waals surface area contributed by atoms with E-state index >= 15 is 0 Å². The number of sulfone groups is 1. The van der Waals surface area contributed by atoms with Crippen LogP contribution in [0.5, 0.6) is 0 Å². The summed E-state index contributed by atoms with van der Waals surface area (Å²) >= 11 is 5.85. The minimum Gasteiger partial charge on any atom is -0.467 e. The van der Waals surface area contributed by atoms with Crippen LogP contribution in [0.3, 0.4) is 0 Å². The fraction of sp³-hybridized carbons (Fsp3) is 0.438. The van der Waals surface area contributed by atoms with Crippen molar-refractivity contribution in [3.63, 3.8) is 0 Å². The molecule has 142 valence electrons. The third-order valence-electron chi connectivity index (χ3n) is 4.10. The molecule has 0 saturated carbocycles. The van der Waals surface area contributed by atoms with Crippen LogP contribution in [0.2, 0.25) is 5.02 Å². The van der Waals surface area contributed by atoms with E-state index in [1.54, 1.807) is 0 Å². The summed E-state index contributed by atoms with van der Waals surface area (Å²) < 4.78 is 43.5. The highest BCUT2D eigenvalue weighted by molar-refractivity contribution is 7.92. The van der Waals surface area contributed by atoms with Crippen LogP contribution in [0.4, 0.5) is 4.39 Å². The van der Waals surface area contributed by atoms with Gasteiger partial charge in [0.25, 0.3) is 0 Å². The average Bonchev–Trinajstić information content (AvgIpc) is 2.99. The zero-order chi connectivity index (χ0) is 19.6. The normalized spacial score (nSPS) is 20.1. The van der Waals surface area contributed by atoms with Crippen LogP contribution in [-0.4, -0.2) is 55.9 Å². The van der Waals surface area contributed by atoms with Gasteiger partial charge in [-0.05, 0) is 31.5 Å². The number of Topliss-reactive ketones (excluding diaryl/α,β-unsaturated/α-hetero) is 1. The predicted molar refractivity (Wildman–Crippen MR) is 89.8 cm³/mol. The van der Waals surface area contributed by atoms with Crippen molar-refractivity contribution in [2.45, 2.75) is 36.0 Å². The lowest BCUT2D eigenvalue weighted by molar-refractivity contribution is -0.151. The van der Waals surface area contributed by atoms with Gasteiger partial charge in [0.2, 0.25) is 5.91 Å². The molecule has 1 heterocycles. The molecule has 10 heteroatoms. The molecule has 26 heavy (non-hydrogen) atoms. The standard InChI is InChI=1S/C16H17ClFNO6S/c1-9(20)5-15(21)19-8-11(7-13(19)16(22)25-2)26(23,24)14-4-3-10(18)6-12(14)17/h3-4,6,11,13H,5,7-8H2,1-2H3. The zero-order valence-electron chi connectivity index (χ0n) is 14.1. The summed E-state index contributed by atoms with van der Waals surface area (Å²) in [6.45, 7) is 0.926. The molecule has 2 unspecified atom stereocenters. The van der Waals surface area contributed by atoms with Crippen LogP contribution < -0.4 is 0 Å². The molecular formula is C16H17ClFNO6S. The fourth-order valence-electron chi connectivity index (χ4n) is 2.86. The van der Waals surface area contributed by atoms with E-state index in [0.717, 1.165) is 30.2 Å². The number of methoxy groups -OCH3 is 1. The Kier molecular flexibility index (Phi) is 6.02. The van der Waals surface area contributed by atoms with Gasteiger partial charge in [-0.25, -0.2) is 17.6 Å². The molecule has 0 radical (unpaired) electrons.